The van der Waals surface area contributed by atoms with Crippen molar-refractivity contribution < 1.29 is 18.3 Å². The number of pyridine rings is 1. The first kappa shape index (κ1) is 16.9. The van der Waals surface area contributed by atoms with Gasteiger partial charge in [0.1, 0.15) is 19.5 Å². The summed E-state index contributed by atoms with van der Waals surface area (Å²) in [5.74, 6) is 1.42. The second-order valence-corrected chi connectivity index (χ2v) is 6.10. The molecular formula is C16H19FN6O3. The van der Waals surface area contributed by atoms with E-state index < -0.39 is 6.17 Å². The third-order valence-electron chi connectivity index (χ3n) is 4.23. The summed E-state index contributed by atoms with van der Waals surface area (Å²) in [5, 5.41) is 13.3. The Morgan fingerprint density at radius 3 is 2.92 bits per heavy atom. The number of aromatic nitrogens is 5. The number of methoxy groups -OCH3 is 2. The summed E-state index contributed by atoms with van der Waals surface area (Å²) in [4.78, 5) is 6.41. The Morgan fingerprint density at radius 1 is 1.31 bits per heavy atom. The number of halogens is 1. The lowest BCUT2D eigenvalue weighted by Gasteiger charge is -2.14. The lowest BCUT2D eigenvalue weighted by Crippen LogP contribution is -2.21. The van der Waals surface area contributed by atoms with E-state index in [2.05, 4.69) is 20.3 Å². The van der Waals surface area contributed by atoms with E-state index in [1.807, 2.05) is 11.0 Å². The zero-order chi connectivity index (χ0) is 18.1. The van der Waals surface area contributed by atoms with E-state index in [-0.39, 0.29) is 13.3 Å². The molecule has 9 nitrogen and oxygen atoms in total. The summed E-state index contributed by atoms with van der Waals surface area (Å²) < 4.78 is 31.1. The number of anilines is 1. The van der Waals surface area contributed by atoms with Gasteiger partial charge in [-0.25, -0.2) is 14.1 Å². The van der Waals surface area contributed by atoms with Gasteiger partial charge in [-0.15, -0.1) is 10.2 Å². The third kappa shape index (κ3) is 3.01. The summed E-state index contributed by atoms with van der Waals surface area (Å²) in [6.45, 7) is 1.44. The molecule has 4 rings (SSSR count). The van der Waals surface area contributed by atoms with Gasteiger partial charge in [-0.1, -0.05) is 0 Å². The van der Waals surface area contributed by atoms with E-state index in [4.69, 9.17) is 13.9 Å². The molecule has 0 bridgehead atoms. The van der Waals surface area contributed by atoms with Gasteiger partial charge in [0.05, 0.1) is 17.5 Å². The number of ether oxygens (including phenoxy) is 2. The van der Waals surface area contributed by atoms with Crippen LogP contribution < -0.4 is 4.90 Å². The minimum Gasteiger partial charge on any atom is -0.418 e. The third-order valence-corrected chi connectivity index (χ3v) is 4.23. The van der Waals surface area contributed by atoms with Gasteiger partial charge in [-0.2, -0.15) is 5.10 Å². The van der Waals surface area contributed by atoms with Crippen molar-refractivity contribution in [2.45, 2.75) is 25.9 Å². The molecule has 0 aliphatic carbocycles. The summed E-state index contributed by atoms with van der Waals surface area (Å²) in [6.07, 6.45) is 1.29. The lowest BCUT2D eigenvalue weighted by atomic mass is 10.2. The highest BCUT2D eigenvalue weighted by Crippen LogP contribution is 2.31. The Balaban J connectivity index is 1.77. The van der Waals surface area contributed by atoms with Crippen molar-refractivity contribution in [2.75, 3.05) is 32.2 Å². The van der Waals surface area contributed by atoms with E-state index in [1.54, 1.807) is 25.1 Å². The smallest absolute Gasteiger partial charge is 0.249 e. The maximum atomic E-state index is 13.7. The Kier molecular flexibility index (Phi) is 4.51. The highest BCUT2D eigenvalue weighted by Gasteiger charge is 2.27. The molecule has 0 amide bonds. The highest BCUT2D eigenvalue weighted by molar-refractivity contribution is 5.90. The van der Waals surface area contributed by atoms with Crippen LogP contribution in [-0.4, -0.2) is 58.4 Å². The molecule has 0 N–H and O–H groups in total. The van der Waals surface area contributed by atoms with Crippen molar-refractivity contribution in [3.63, 3.8) is 0 Å². The SMILES string of the molecule is COCc1nnc(-c2cnc3c(c2)c(N2CCC(F)C2)nn3COC)o1. The Morgan fingerprint density at radius 2 is 2.19 bits per heavy atom. The van der Waals surface area contributed by atoms with E-state index in [9.17, 15) is 4.39 Å². The average molecular weight is 362 g/mol. The molecule has 138 valence electrons. The molecule has 1 unspecified atom stereocenters. The summed E-state index contributed by atoms with van der Waals surface area (Å²) in [6, 6.07) is 1.88. The lowest BCUT2D eigenvalue weighted by molar-refractivity contribution is 0.124. The maximum absolute atomic E-state index is 13.7. The Bertz CT molecular complexity index is 911. The zero-order valence-corrected chi connectivity index (χ0v) is 14.6. The average Bonchev–Trinajstić information content (AvgIpc) is 3.35. The van der Waals surface area contributed by atoms with Crippen LogP contribution in [-0.2, 0) is 22.8 Å². The van der Waals surface area contributed by atoms with Crippen LogP contribution in [0.1, 0.15) is 12.3 Å². The maximum Gasteiger partial charge on any atom is 0.249 e. The molecule has 0 radical (unpaired) electrons. The monoisotopic (exact) mass is 362 g/mol. The first-order chi connectivity index (χ1) is 12.7. The number of fused-ring (bicyclic) bond motifs is 1. The van der Waals surface area contributed by atoms with Crippen LogP contribution in [0.25, 0.3) is 22.5 Å². The minimum absolute atomic E-state index is 0.241. The molecule has 3 aromatic rings. The summed E-state index contributed by atoms with van der Waals surface area (Å²) in [5.41, 5.74) is 1.33. The standard InChI is InChI=1S/C16H19FN6O3/c1-24-8-13-19-20-16(26-13)10-5-12-14(18-6-10)23(9-25-2)21-15(12)22-4-3-11(17)7-22/h5-6,11H,3-4,7-9H2,1-2H3. The highest BCUT2D eigenvalue weighted by atomic mass is 19.1. The molecular weight excluding hydrogens is 343 g/mol. The van der Waals surface area contributed by atoms with Gasteiger partial charge in [0.2, 0.25) is 11.8 Å². The van der Waals surface area contributed by atoms with Crippen molar-refractivity contribution >= 4 is 16.9 Å². The molecule has 1 fully saturated rings. The second kappa shape index (κ2) is 6.96. The second-order valence-electron chi connectivity index (χ2n) is 6.10. The van der Waals surface area contributed by atoms with Crippen LogP contribution in [0.5, 0.6) is 0 Å². The van der Waals surface area contributed by atoms with Crippen LogP contribution in [0.4, 0.5) is 10.2 Å². The topological polar surface area (TPSA) is 91.3 Å². The quantitative estimate of drug-likeness (QED) is 0.655. The number of rotatable bonds is 6. The number of hydrogen-bond acceptors (Lipinski definition) is 8. The fraction of sp³-hybridized carbons (Fsp3) is 0.500. The van der Waals surface area contributed by atoms with Gasteiger partial charge in [-0.05, 0) is 12.5 Å². The van der Waals surface area contributed by atoms with Crippen molar-refractivity contribution in [1.29, 1.82) is 0 Å². The molecule has 26 heavy (non-hydrogen) atoms. The van der Waals surface area contributed by atoms with Crippen LogP contribution in [0, 0.1) is 0 Å². The molecule has 0 aromatic carbocycles. The predicted molar refractivity (Wildman–Crippen MR) is 90.3 cm³/mol. The van der Waals surface area contributed by atoms with Gasteiger partial charge in [0.25, 0.3) is 0 Å². The van der Waals surface area contributed by atoms with E-state index in [1.165, 1.54) is 0 Å². The Hall–Kier alpha value is -2.59. The molecule has 1 aliphatic heterocycles. The molecule has 4 heterocycles. The molecule has 3 aromatic heterocycles. The van der Waals surface area contributed by atoms with Gasteiger partial charge in [0, 0.05) is 27.0 Å². The predicted octanol–water partition coefficient (Wildman–Crippen LogP) is 1.78. The molecule has 0 saturated carbocycles. The molecule has 0 spiro atoms. The molecule has 1 atom stereocenters. The van der Waals surface area contributed by atoms with Crippen molar-refractivity contribution in [1.82, 2.24) is 25.0 Å². The van der Waals surface area contributed by atoms with Crippen LogP contribution in [0.3, 0.4) is 0 Å². The summed E-state index contributed by atoms with van der Waals surface area (Å²) >= 11 is 0. The van der Waals surface area contributed by atoms with Crippen LogP contribution in [0.15, 0.2) is 16.7 Å². The normalized spacial score (nSPS) is 17.5. The zero-order valence-electron chi connectivity index (χ0n) is 14.6. The minimum atomic E-state index is -0.846. The number of nitrogens with zero attached hydrogens (tertiary/aromatic N) is 6. The summed E-state index contributed by atoms with van der Waals surface area (Å²) in [7, 11) is 3.15. The van der Waals surface area contributed by atoms with Crippen molar-refractivity contribution in [2.24, 2.45) is 0 Å². The van der Waals surface area contributed by atoms with E-state index >= 15 is 0 Å². The van der Waals surface area contributed by atoms with Crippen LogP contribution >= 0.6 is 0 Å². The van der Waals surface area contributed by atoms with Gasteiger partial charge in [0.15, 0.2) is 11.5 Å². The van der Waals surface area contributed by atoms with Gasteiger partial charge < -0.3 is 18.8 Å². The molecule has 10 heteroatoms. The van der Waals surface area contributed by atoms with Crippen LogP contribution in [0.2, 0.25) is 0 Å². The number of alkyl halides is 1. The first-order valence-corrected chi connectivity index (χ1v) is 8.25. The van der Waals surface area contributed by atoms with Gasteiger partial charge >= 0.3 is 0 Å². The molecule has 1 saturated heterocycles. The fourth-order valence-electron chi connectivity index (χ4n) is 3.07. The molecule has 1 aliphatic rings. The van der Waals surface area contributed by atoms with Crippen molar-refractivity contribution in [3.05, 3.63) is 18.2 Å². The largest absolute Gasteiger partial charge is 0.418 e. The van der Waals surface area contributed by atoms with Gasteiger partial charge in [-0.3, -0.25) is 0 Å². The van der Waals surface area contributed by atoms with E-state index in [0.29, 0.717) is 48.3 Å². The fourth-order valence-corrected chi connectivity index (χ4v) is 3.07. The number of hydrogen-bond donors (Lipinski definition) is 0. The Labute approximate surface area is 148 Å². The van der Waals surface area contributed by atoms with Crippen molar-refractivity contribution in [3.8, 4) is 11.5 Å². The first-order valence-electron chi connectivity index (χ1n) is 8.25. The van der Waals surface area contributed by atoms with E-state index in [0.717, 1.165) is 5.39 Å².